The molecule has 2 heterocycles. The van der Waals surface area contributed by atoms with E-state index in [1.165, 1.54) is 0 Å². The molecule has 2 amide bonds. The summed E-state index contributed by atoms with van der Waals surface area (Å²) in [6.45, 7) is 2.63. The summed E-state index contributed by atoms with van der Waals surface area (Å²) in [5.74, 6) is -0.995. The van der Waals surface area contributed by atoms with Crippen molar-refractivity contribution in [3.8, 4) is 0 Å². The predicted octanol–water partition coefficient (Wildman–Crippen LogP) is 3.57. The molecule has 1 aliphatic rings. The molecule has 7 heteroatoms. The van der Waals surface area contributed by atoms with Crippen molar-refractivity contribution in [3.05, 3.63) is 75.9 Å². The number of para-hydroxylation sites is 1. The van der Waals surface area contributed by atoms with E-state index >= 15 is 0 Å². The second-order valence-corrected chi connectivity index (χ2v) is 7.37. The fourth-order valence-electron chi connectivity index (χ4n) is 3.37. The van der Waals surface area contributed by atoms with E-state index < -0.39 is 11.8 Å². The molecule has 1 fully saturated rings. The molecular weight excluding hydrogens is 394 g/mol. The van der Waals surface area contributed by atoms with Crippen molar-refractivity contribution in [2.75, 3.05) is 0 Å². The maximum Gasteiger partial charge on any atom is 0.263 e. The highest BCUT2D eigenvalue weighted by molar-refractivity contribution is 7.80. The van der Waals surface area contributed by atoms with Gasteiger partial charge in [0.2, 0.25) is 0 Å². The fraction of sp³-hybridized carbons (Fsp3) is 0.0952. The molecule has 0 radical (unpaired) electrons. The molecule has 0 saturated carbocycles. The summed E-state index contributed by atoms with van der Waals surface area (Å²) in [6.07, 6.45) is 1.63. The van der Waals surface area contributed by atoms with Gasteiger partial charge in [0.25, 0.3) is 11.8 Å². The van der Waals surface area contributed by atoms with Crippen LogP contribution in [0.1, 0.15) is 16.8 Å². The first-order valence-electron chi connectivity index (χ1n) is 8.64. The Morgan fingerprint density at radius 2 is 1.68 bits per heavy atom. The Labute approximate surface area is 172 Å². The van der Waals surface area contributed by atoms with Gasteiger partial charge in [0.05, 0.1) is 0 Å². The maximum atomic E-state index is 12.2. The monoisotopic (exact) mass is 409 g/mol. The van der Waals surface area contributed by atoms with Crippen molar-refractivity contribution in [1.29, 1.82) is 0 Å². The summed E-state index contributed by atoms with van der Waals surface area (Å²) in [4.78, 5) is 24.5. The third-order valence-electron chi connectivity index (χ3n) is 4.77. The lowest BCUT2D eigenvalue weighted by Gasteiger charge is -2.16. The SMILES string of the molecule is Cc1c(C=C2C(=O)NC(=S)NC2=O)c2ccccc2n1Cc1ccc(Cl)cc1. The highest BCUT2D eigenvalue weighted by Gasteiger charge is 2.26. The van der Waals surface area contributed by atoms with Crippen LogP contribution in [0, 0.1) is 6.92 Å². The van der Waals surface area contributed by atoms with Crippen LogP contribution in [0.3, 0.4) is 0 Å². The molecule has 4 rings (SSSR count). The number of nitrogens with zero attached hydrogens (tertiary/aromatic N) is 1. The third kappa shape index (κ3) is 3.32. The first kappa shape index (κ1) is 18.4. The van der Waals surface area contributed by atoms with Crippen LogP contribution >= 0.6 is 23.8 Å². The van der Waals surface area contributed by atoms with Crippen LogP contribution in [0.5, 0.6) is 0 Å². The number of fused-ring (bicyclic) bond motifs is 1. The number of aromatic nitrogens is 1. The molecule has 0 aliphatic carbocycles. The van der Waals surface area contributed by atoms with Gasteiger partial charge in [0, 0.05) is 33.7 Å². The van der Waals surface area contributed by atoms with E-state index in [2.05, 4.69) is 15.2 Å². The third-order valence-corrected chi connectivity index (χ3v) is 5.22. The van der Waals surface area contributed by atoms with E-state index in [1.807, 2.05) is 55.5 Å². The Balaban J connectivity index is 1.84. The molecule has 0 atom stereocenters. The van der Waals surface area contributed by atoms with E-state index in [0.717, 1.165) is 27.7 Å². The normalized spacial score (nSPS) is 14.2. The van der Waals surface area contributed by atoms with Gasteiger partial charge < -0.3 is 4.57 Å². The highest BCUT2D eigenvalue weighted by Crippen LogP contribution is 2.29. The molecule has 28 heavy (non-hydrogen) atoms. The van der Waals surface area contributed by atoms with Crippen LogP contribution in [0.2, 0.25) is 5.02 Å². The van der Waals surface area contributed by atoms with Crippen molar-refractivity contribution in [3.63, 3.8) is 0 Å². The van der Waals surface area contributed by atoms with Gasteiger partial charge in [-0.05, 0) is 49.0 Å². The van der Waals surface area contributed by atoms with E-state index in [4.69, 9.17) is 23.8 Å². The summed E-state index contributed by atoms with van der Waals surface area (Å²) in [5.41, 5.74) is 3.95. The molecule has 2 N–H and O–H groups in total. The molecule has 0 spiro atoms. The van der Waals surface area contributed by atoms with Crippen LogP contribution < -0.4 is 10.6 Å². The van der Waals surface area contributed by atoms with Crippen molar-refractivity contribution in [2.24, 2.45) is 0 Å². The number of carbonyl (C=O) groups is 2. The molecular formula is C21H16ClN3O2S. The minimum Gasteiger partial charge on any atom is -0.340 e. The molecule has 1 aliphatic heterocycles. The smallest absolute Gasteiger partial charge is 0.263 e. The number of rotatable bonds is 3. The van der Waals surface area contributed by atoms with Crippen LogP contribution in [0.25, 0.3) is 17.0 Å². The van der Waals surface area contributed by atoms with E-state index in [0.29, 0.717) is 11.6 Å². The number of amides is 2. The Bertz CT molecular complexity index is 1140. The molecule has 0 unspecified atom stereocenters. The molecule has 2 aromatic carbocycles. The van der Waals surface area contributed by atoms with Crippen LogP contribution in [-0.4, -0.2) is 21.5 Å². The lowest BCUT2D eigenvalue weighted by atomic mass is 10.1. The average Bonchev–Trinajstić information content (AvgIpc) is 2.92. The number of nitrogens with one attached hydrogen (secondary N) is 2. The number of halogens is 1. The Morgan fingerprint density at radius 1 is 1.04 bits per heavy atom. The van der Waals surface area contributed by atoms with Gasteiger partial charge in [-0.25, -0.2) is 0 Å². The lowest BCUT2D eigenvalue weighted by Crippen LogP contribution is -2.51. The first-order chi connectivity index (χ1) is 13.4. The van der Waals surface area contributed by atoms with E-state index in [-0.39, 0.29) is 10.7 Å². The number of benzene rings is 2. The van der Waals surface area contributed by atoms with Crippen LogP contribution in [0.15, 0.2) is 54.1 Å². The summed E-state index contributed by atoms with van der Waals surface area (Å²) in [6, 6.07) is 15.6. The molecule has 1 saturated heterocycles. The summed E-state index contributed by atoms with van der Waals surface area (Å²) < 4.78 is 2.16. The Morgan fingerprint density at radius 3 is 2.36 bits per heavy atom. The number of thiocarbonyl (C=S) groups is 1. The minimum atomic E-state index is -0.498. The van der Waals surface area contributed by atoms with E-state index in [1.54, 1.807) is 6.08 Å². The van der Waals surface area contributed by atoms with E-state index in [9.17, 15) is 9.59 Å². The first-order valence-corrected chi connectivity index (χ1v) is 9.43. The molecule has 140 valence electrons. The van der Waals surface area contributed by atoms with Crippen molar-refractivity contribution >= 4 is 57.7 Å². The van der Waals surface area contributed by atoms with Crippen LogP contribution in [0.4, 0.5) is 0 Å². The maximum absolute atomic E-state index is 12.2. The van der Waals surface area contributed by atoms with Gasteiger partial charge in [-0.2, -0.15) is 0 Å². The number of hydrogen-bond donors (Lipinski definition) is 2. The zero-order valence-corrected chi connectivity index (χ0v) is 16.5. The summed E-state index contributed by atoms with van der Waals surface area (Å²) in [5, 5.41) is 6.63. The highest BCUT2D eigenvalue weighted by atomic mass is 35.5. The molecule has 0 bridgehead atoms. The van der Waals surface area contributed by atoms with Crippen LogP contribution in [-0.2, 0) is 16.1 Å². The summed E-state index contributed by atoms with van der Waals surface area (Å²) in [7, 11) is 0. The Kier molecular flexibility index (Phi) is 4.75. The van der Waals surface area contributed by atoms with Gasteiger partial charge >= 0.3 is 0 Å². The molecule has 3 aromatic rings. The van der Waals surface area contributed by atoms with Gasteiger partial charge in [-0.15, -0.1) is 0 Å². The largest absolute Gasteiger partial charge is 0.340 e. The van der Waals surface area contributed by atoms with Crippen molar-refractivity contribution < 1.29 is 9.59 Å². The van der Waals surface area contributed by atoms with Crippen molar-refractivity contribution in [1.82, 2.24) is 15.2 Å². The number of hydrogen-bond acceptors (Lipinski definition) is 3. The number of carbonyl (C=O) groups excluding carboxylic acids is 2. The minimum absolute atomic E-state index is 0.0223. The summed E-state index contributed by atoms with van der Waals surface area (Å²) >= 11 is 10.9. The quantitative estimate of drug-likeness (QED) is 0.395. The van der Waals surface area contributed by atoms with Crippen molar-refractivity contribution in [2.45, 2.75) is 13.5 Å². The van der Waals surface area contributed by atoms with Gasteiger partial charge in [0.15, 0.2) is 5.11 Å². The Hall–Kier alpha value is -2.96. The zero-order valence-electron chi connectivity index (χ0n) is 15.0. The van der Waals surface area contributed by atoms with Gasteiger partial charge in [0.1, 0.15) is 5.57 Å². The second-order valence-electron chi connectivity index (χ2n) is 6.52. The standard InChI is InChI=1S/C21H16ClN3O2S/c1-12-16(10-17-19(26)23-21(28)24-20(17)27)15-4-2-3-5-18(15)25(12)11-13-6-8-14(22)9-7-13/h2-10H,11H2,1H3,(H2,23,24,26,27,28). The topological polar surface area (TPSA) is 63.1 Å². The molecule has 5 nitrogen and oxygen atoms in total. The van der Waals surface area contributed by atoms with Gasteiger partial charge in [-0.3, -0.25) is 20.2 Å². The fourth-order valence-corrected chi connectivity index (χ4v) is 3.68. The lowest BCUT2D eigenvalue weighted by molar-refractivity contribution is -0.123. The zero-order chi connectivity index (χ0) is 19.8. The molecule has 1 aromatic heterocycles. The van der Waals surface area contributed by atoms with Gasteiger partial charge in [-0.1, -0.05) is 41.9 Å². The second kappa shape index (κ2) is 7.22. The predicted molar refractivity (Wildman–Crippen MR) is 114 cm³/mol. The average molecular weight is 410 g/mol.